The van der Waals surface area contributed by atoms with E-state index in [4.69, 9.17) is 14.7 Å². The Balaban J connectivity index is 2.28. The molecular formula is C17H13Br2NO3. The van der Waals surface area contributed by atoms with E-state index in [0.29, 0.717) is 26.7 Å². The lowest BCUT2D eigenvalue weighted by molar-refractivity contribution is -0.148. The van der Waals surface area contributed by atoms with E-state index in [1.54, 1.807) is 12.1 Å². The molecule has 0 aliphatic carbocycles. The van der Waals surface area contributed by atoms with Crippen LogP contribution in [0.15, 0.2) is 51.4 Å². The van der Waals surface area contributed by atoms with Crippen molar-refractivity contribution in [2.24, 2.45) is 0 Å². The summed E-state index contributed by atoms with van der Waals surface area (Å²) in [5.41, 5.74) is 1.44. The highest BCUT2D eigenvalue weighted by atomic mass is 79.9. The fourth-order valence-electron chi connectivity index (χ4n) is 2.01. The summed E-state index contributed by atoms with van der Waals surface area (Å²) in [6, 6.07) is 14.9. The average Bonchev–Trinajstić information content (AvgIpc) is 2.56. The smallest absolute Gasteiger partial charge is 0.347 e. The maximum absolute atomic E-state index is 12.0. The third-order valence-electron chi connectivity index (χ3n) is 3.12. The highest BCUT2D eigenvalue weighted by molar-refractivity contribution is 9.11. The summed E-state index contributed by atoms with van der Waals surface area (Å²) in [6.07, 6.45) is -0.408. The van der Waals surface area contributed by atoms with E-state index in [-0.39, 0.29) is 0 Å². The number of rotatable bonds is 5. The number of hydrogen-bond acceptors (Lipinski definition) is 4. The van der Waals surface area contributed by atoms with Gasteiger partial charge in [0.05, 0.1) is 27.7 Å². The predicted molar refractivity (Wildman–Crippen MR) is 93.1 cm³/mol. The Morgan fingerprint density at radius 1 is 1.22 bits per heavy atom. The van der Waals surface area contributed by atoms with Gasteiger partial charge < -0.3 is 9.47 Å². The lowest BCUT2D eigenvalue weighted by atomic mass is 10.1. The molecule has 2 aromatic carbocycles. The maximum atomic E-state index is 12.0. The number of nitriles is 1. The van der Waals surface area contributed by atoms with Crippen LogP contribution < -0.4 is 4.74 Å². The van der Waals surface area contributed by atoms with Crippen molar-refractivity contribution in [1.82, 2.24) is 0 Å². The van der Waals surface area contributed by atoms with Crippen molar-refractivity contribution in [3.05, 3.63) is 62.5 Å². The lowest BCUT2D eigenvalue weighted by Crippen LogP contribution is -2.31. The van der Waals surface area contributed by atoms with E-state index < -0.39 is 12.1 Å². The second kappa shape index (κ2) is 8.14. The van der Waals surface area contributed by atoms with Crippen LogP contribution in [0.25, 0.3) is 0 Å². The zero-order valence-corrected chi connectivity index (χ0v) is 15.4. The molecule has 0 unspecified atom stereocenters. The van der Waals surface area contributed by atoms with Gasteiger partial charge >= 0.3 is 5.97 Å². The van der Waals surface area contributed by atoms with Crippen LogP contribution in [0.5, 0.6) is 5.75 Å². The molecule has 1 atom stereocenters. The van der Waals surface area contributed by atoms with E-state index in [9.17, 15) is 4.79 Å². The zero-order chi connectivity index (χ0) is 16.8. The topological polar surface area (TPSA) is 59.3 Å². The molecule has 0 fully saturated rings. The first kappa shape index (κ1) is 17.5. The molecule has 0 radical (unpaired) electrons. The second-order valence-electron chi connectivity index (χ2n) is 4.70. The molecule has 0 amide bonds. The van der Waals surface area contributed by atoms with Gasteiger partial charge in [0.25, 0.3) is 0 Å². The largest absolute Gasteiger partial charge is 0.476 e. The van der Waals surface area contributed by atoms with Crippen molar-refractivity contribution in [2.75, 3.05) is 7.11 Å². The molecule has 0 bridgehead atoms. The van der Waals surface area contributed by atoms with Gasteiger partial charge in [-0.3, -0.25) is 0 Å². The zero-order valence-electron chi connectivity index (χ0n) is 12.3. The van der Waals surface area contributed by atoms with Crippen LogP contribution in [0.4, 0.5) is 0 Å². The Labute approximate surface area is 151 Å². The van der Waals surface area contributed by atoms with Crippen molar-refractivity contribution >= 4 is 37.8 Å². The van der Waals surface area contributed by atoms with Gasteiger partial charge in [-0.05, 0) is 49.6 Å². The second-order valence-corrected chi connectivity index (χ2v) is 6.41. The molecule has 2 aromatic rings. The van der Waals surface area contributed by atoms with E-state index in [0.717, 1.165) is 5.56 Å². The minimum absolute atomic E-state index is 0.381. The number of nitrogens with zero attached hydrogens (tertiary/aromatic N) is 1. The van der Waals surface area contributed by atoms with Crippen LogP contribution in [0.3, 0.4) is 0 Å². The molecule has 118 valence electrons. The monoisotopic (exact) mass is 437 g/mol. The maximum Gasteiger partial charge on any atom is 0.347 e. The first-order valence-corrected chi connectivity index (χ1v) is 8.31. The Morgan fingerprint density at radius 2 is 1.83 bits per heavy atom. The summed E-state index contributed by atoms with van der Waals surface area (Å²) < 4.78 is 11.9. The first-order chi connectivity index (χ1) is 11.0. The van der Waals surface area contributed by atoms with Crippen LogP contribution in [-0.4, -0.2) is 19.2 Å². The molecule has 0 aromatic heterocycles. The third kappa shape index (κ3) is 4.57. The molecule has 0 saturated heterocycles. The number of hydrogen-bond donors (Lipinski definition) is 0. The van der Waals surface area contributed by atoms with E-state index in [2.05, 4.69) is 37.9 Å². The molecular weight excluding hydrogens is 426 g/mol. The Morgan fingerprint density at radius 3 is 2.35 bits per heavy atom. The van der Waals surface area contributed by atoms with Crippen molar-refractivity contribution in [3.63, 3.8) is 0 Å². The van der Waals surface area contributed by atoms with Crippen molar-refractivity contribution in [2.45, 2.75) is 12.5 Å². The van der Waals surface area contributed by atoms with E-state index in [1.165, 1.54) is 7.11 Å². The fourth-order valence-corrected chi connectivity index (χ4v) is 3.39. The molecule has 0 aliphatic heterocycles. The number of carbonyl (C=O) groups excluding carboxylic acids is 1. The average molecular weight is 439 g/mol. The number of methoxy groups -OCH3 is 1. The van der Waals surface area contributed by atoms with Gasteiger partial charge in [0, 0.05) is 6.42 Å². The van der Waals surface area contributed by atoms with Crippen molar-refractivity contribution in [1.29, 1.82) is 5.26 Å². The van der Waals surface area contributed by atoms with Crippen LogP contribution in [-0.2, 0) is 16.0 Å². The number of ether oxygens (including phenoxy) is 2. The summed E-state index contributed by atoms with van der Waals surface area (Å²) in [7, 11) is 1.33. The molecule has 4 nitrogen and oxygen atoms in total. The predicted octanol–water partition coefficient (Wildman–Crippen LogP) is 4.25. The van der Waals surface area contributed by atoms with Crippen molar-refractivity contribution < 1.29 is 14.3 Å². The SMILES string of the molecule is COC(=O)[C@@H](Cc1ccccc1)Oc1c(Br)cc(C#N)cc1Br. The number of halogens is 2. The molecule has 2 rings (SSSR count). The molecule has 0 saturated carbocycles. The molecule has 0 heterocycles. The minimum atomic E-state index is -0.789. The summed E-state index contributed by atoms with van der Waals surface area (Å²) in [5, 5.41) is 8.97. The third-order valence-corrected chi connectivity index (χ3v) is 4.29. The van der Waals surface area contributed by atoms with Gasteiger partial charge in [0.15, 0.2) is 6.10 Å². The highest BCUT2D eigenvalue weighted by Crippen LogP contribution is 2.35. The van der Waals surface area contributed by atoms with Crippen LogP contribution >= 0.6 is 31.9 Å². The number of benzene rings is 2. The van der Waals surface area contributed by atoms with Crippen LogP contribution in [0, 0.1) is 11.3 Å². The van der Waals surface area contributed by atoms with Crippen LogP contribution in [0.1, 0.15) is 11.1 Å². The quantitative estimate of drug-likeness (QED) is 0.655. The van der Waals surface area contributed by atoms with Gasteiger partial charge in [-0.1, -0.05) is 30.3 Å². The van der Waals surface area contributed by atoms with Gasteiger partial charge in [-0.25, -0.2) is 4.79 Å². The summed E-state index contributed by atoms with van der Waals surface area (Å²) >= 11 is 6.73. The highest BCUT2D eigenvalue weighted by Gasteiger charge is 2.24. The van der Waals surface area contributed by atoms with E-state index >= 15 is 0 Å². The molecule has 6 heteroatoms. The Kier molecular flexibility index (Phi) is 6.20. The normalized spacial score (nSPS) is 11.4. The summed E-state index contributed by atoms with van der Waals surface area (Å²) in [5.74, 6) is -0.00709. The number of carbonyl (C=O) groups is 1. The van der Waals surface area contributed by atoms with Crippen LogP contribution in [0.2, 0.25) is 0 Å². The summed E-state index contributed by atoms with van der Waals surface area (Å²) in [4.78, 5) is 12.0. The van der Waals surface area contributed by atoms with E-state index in [1.807, 2.05) is 30.3 Å². The number of esters is 1. The molecule has 23 heavy (non-hydrogen) atoms. The van der Waals surface area contributed by atoms with Gasteiger partial charge in [0.1, 0.15) is 5.75 Å². The fraction of sp³-hybridized carbons (Fsp3) is 0.176. The van der Waals surface area contributed by atoms with Gasteiger partial charge in [-0.15, -0.1) is 0 Å². The Bertz CT molecular complexity index is 718. The molecule has 0 aliphatic rings. The summed E-state index contributed by atoms with van der Waals surface area (Å²) in [6.45, 7) is 0. The van der Waals surface area contributed by atoms with Crippen molar-refractivity contribution in [3.8, 4) is 11.8 Å². The molecule has 0 N–H and O–H groups in total. The van der Waals surface area contributed by atoms with Gasteiger partial charge in [0.2, 0.25) is 0 Å². The standard InChI is InChI=1S/C17H13Br2NO3/c1-22-17(21)15(9-11-5-3-2-4-6-11)23-16-13(18)7-12(10-20)8-14(16)19/h2-8,15H,9H2,1H3/t15-/m1/s1. The first-order valence-electron chi connectivity index (χ1n) is 6.72. The minimum Gasteiger partial charge on any atom is -0.476 e. The lowest BCUT2D eigenvalue weighted by Gasteiger charge is -2.19. The Hall–Kier alpha value is -1.84. The van der Waals surface area contributed by atoms with Gasteiger partial charge in [-0.2, -0.15) is 5.26 Å². The molecule has 0 spiro atoms.